The first-order valence-electron chi connectivity index (χ1n) is 6.41. The summed E-state index contributed by atoms with van der Waals surface area (Å²) in [5.41, 5.74) is 1.14. The Balaban J connectivity index is 2.17. The van der Waals surface area contributed by atoms with E-state index in [9.17, 15) is 4.79 Å². The van der Waals surface area contributed by atoms with Gasteiger partial charge in [-0.15, -0.1) is 0 Å². The normalized spacial score (nSPS) is 23.8. The largest absolute Gasteiger partial charge is 0.443 e. The summed E-state index contributed by atoms with van der Waals surface area (Å²) >= 11 is 0. The predicted molar refractivity (Wildman–Crippen MR) is 67.5 cm³/mol. The molecule has 0 unspecified atom stereocenters. The molecule has 1 saturated heterocycles. The number of amides is 1. The van der Waals surface area contributed by atoms with Gasteiger partial charge in [-0.25, -0.2) is 4.79 Å². The molecule has 0 radical (unpaired) electrons. The number of carbonyl (C=O) groups is 1. The molecule has 0 N–H and O–H groups in total. The fourth-order valence-electron chi connectivity index (χ4n) is 2.78. The van der Waals surface area contributed by atoms with Gasteiger partial charge in [0, 0.05) is 23.2 Å². The van der Waals surface area contributed by atoms with Gasteiger partial charge in [-0.2, -0.15) is 5.26 Å². The predicted octanol–water partition coefficient (Wildman–Crippen LogP) is 3.20. The second-order valence-corrected chi connectivity index (χ2v) is 6.29. The molecule has 1 aliphatic heterocycles. The van der Waals surface area contributed by atoms with E-state index in [2.05, 4.69) is 6.07 Å². The lowest BCUT2D eigenvalue weighted by atomic mass is 9.60. The van der Waals surface area contributed by atoms with Crippen molar-refractivity contribution in [3.8, 4) is 6.07 Å². The molecule has 1 saturated carbocycles. The molecule has 98 valence electrons. The van der Waals surface area contributed by atoms with E-state index in [-0.39, 0.29) is 11.5 Å². The maximum absolute atomic E-state index is 12.1. The van der Waals surface area contributed by atoms with E-state index < -0.39 is 5.60 Å². The van der Waals surface area contributed by atoms with Crippen molar-refractivity contribution >= 4 is 6.09 Å². The van der Waals surface area contributed by atoms with Gasteiger partial charge in [-0.1, -0.05) is 6.42 Å². The number of hydrogen-bond acceptors (Lipinski definition) is 3. The molecule has 2 fully saturated rings. The molecule has 0 bridgehead atoms. The molecule has 4 nitrogen and oxygen atoms in total. The Morgan fingerprint density at radius 1 is 1.44 bits per heavy atom. The summed E-state index contributed by atoms with van der Waals surface area (Å²) in [7, 11) is 0. The number of hydrogen-bond donors (Lipinski definition) is 0. The molecule has 4 heteroatoms. The van der Waals surface area contributed by atoms with E-state index in [1.54, 1.807) is 11.8 Å². The Bertz CT molecular complexity index is 447. The van der Waals surface area contributed by atoms with Crippen molar-refractivity contribution in [3.63, 3.8) is 0 Å². The van der Waals surface area contributed by atoms with Gasteiger partial charge in [0.05, 0.1) is 6.07 Å². The van der Waals surface area contributed by atoms with Crippen LogP contribution in [0, 0.1) is 16.7 Å². The first-order chi connectivity index (χ1) is 8.29. The first-order valence-corrected chi connectivity index (χ1v) is 6.41. The first kappa shape index (κ1) is 12.9. The average molecular weight is 248 g/mol. The summed E-state index contributed by atoms with van der Waals surface area (Å²) in [6.07, 6.45) is 3.02. The summed E-state index contributed by atoms with van der Waals surface area (Å²) < 4.78 is 5.37. The van der Waals surface area contributed by atoms with Gasteiger partial charge >= 0.3 is 6.09 Å². The maximum atomic E-state index is 12.1. The van der Waals surface area contributed by atoms with Crippen molar-refractivity contribution in [3.05, 3.63) is 11.3 Å². The number of nitrogens with zero attached hydrogens (tertiary/aromatic N) is 2. The summed E-state index contributed by atoms with van der Waals surface area (Å²) in [6, 6.07) is 2.17. The lowest BCUT2D eigenvalue weighted by Gasteiger charge is -2.57. The lowest BCUT2D eigenvalue weighted by molar-refractivity contribution is -0.0294. The van der Waals surface area contributed by atoms with Gasteiger partial charge < -0.3 is 4.74 Å². The summed E-state index contributed by atoms with van der Waals surface area (Å²) in [4.78, 5) is 13.7. The quantitative estimate of drug-likeness (QED) is 0.618. The Labute approximate surface area is 108 Å². The Hall–Kier alpha value is -1.50. The molecule has 1 amide bonds. The van der Waals surface area contributed by atoms with Gasteiger partial charge in [0.15, 0.2) is 0 Å². The monoisotopic (exact) mass is 248 g/mol. The summed E-state index contributed by atoms with van der Waals surface area (Å²) in [5.74, 6) is 0. The van der Waals surface area contributed by atoms with Crippen LogP contribution in [-0.2, 0) is 4.74 Å². The molecule has 0 aromatic heterocycles. The smallest absolute Gasteiger partial charge is 0.414 e. The molecule has 18 heavy (non-hydrogen) atoms. The van der Waals surface area contributed by atoms with Crippen LogP contribution in [0.5, 0.6) is 0 Å². The standard InChI is InChI=1S/C14H20N2O2/c1-10(8-15)11-14(6-5-7-14)9-16(11)12(17)18-13(2,3)4/h5-7,9H2,1-4H3. The van der Waals surface area contributed by atoms with Crippen molar-refractivity contribution in [2.45, 2.75) is 52.6 Å². The molecule has 0 atom stereocenters. The highest BCUT2D eigenvalue weighted by molar-refractivity contribution is 5.74. The molecule has 1 heterocycles. The van der Waals surface area contributed by atoms with E-state index in [4.69, 9.17) is 10.00 Å². The van der Waals surface area contributed by atoms with Crippen LogP contribution in [0.1, 0.15) is 47.0 Å². The third kappa shape index (κ3) is 1.98. The van der Waals surface area contributed by atoms with E-state index in [0.29, 0.717) is 12.1 Å². The molecule has 1 aliphatic carbocycles. The third-order valence-corrected chi connectivity index (χ3v) is 3.68. The zero-order chi connectivity index (χ0) is 13.6. The molecule has 0 aromatic rings. The van der Waals surface area contributed by atoms with Crippen molar-refractivity contribution in [2.24, 2.45) is 5.41 Å². The highest BCUT2D eigenvalue weighted by atomic mass is 16.6. The molecular weight excluding hydrogens is 228 g/mol. The third-order valence-electron chi connectivity index (χ3n) is 3.68. The second-order valence-electron chi connectivity index (χ2n) is 6.29. The topological polar surface area (TPSA) is 53.3 Å². The van der Waals surface area contributed by atoms with Gasteiger partial charge in [-0.05, 0) is 40.5 Å². The number of nitriles is 1. The number of ether oxygens (including phenoxy) is 1. The molecular formula is C14H20N2O2. The van der Waals surface area contributed by atoms with E-state index in [0.717, 1.165) is 18.5 Å². The fraction of sp³-hybridized carbons (Fsp3) is 0.714. The second kappa shape index (κ2) is 4.01. The minimum absolute atomic E-state index is 0.0940. The van der Waals surface area contributed by atoms with Crippen molar-refractivity contribution in [1.82, 2.24) is 4.90 Å². The van der Waals surface area contributed by atoms with Crippen LogP contribution in [0.25, 0.3) is 0 Å². The van der Waals surface area contributed by atoms with Crippen molar-refractivity contribution < 1.29 is 9.53 Å². The Morgan fingerprint density at radius 2 is 2.06 bits per heavy atom. The van der Waals surface area contributed by atoms with Crippen molar-refractivity contribution in [1.29, 1.82) is 5.26 Å². The minimum atomic E-state index is -0.495. The van der Waals surface area contributed by atoms with Gasteiger partial charge in [0.1, 0.15) is 5.60 Å². The minimum Gasteiger partial charge on any atom is -0.443 e. The molecule has 2 aliphatic rings. The molecule has 0 aromatic carbocycles. The number of likely N-dealkylation sites (tertiary alicyclic amines) is 1. The fourth-order valence-corrected chi connectivity index (χ4v) is 2.78. The zero-order valence-electron chi connectivity index (χ0n) is 11.5. The van der Waals surface area contributed by atoms with Gasteiger partial charge in [0.2, 0.25) is 0 Å². The Morgan fingerprint density at radius 3 is 2.44 bits per heavy atom. The lowest BCUT2D eigenvalue weighted by Crippen LogP contribution is -2.60. The van der Waals surface area contributed by atoms with E-state index in [1.807, 2.05) is 20.8 Å². The highest BCUT2D eigenvalue weighted by Crippen LogP contribution is 2.56. The van der Waals surface area contributed by atoms with Gasteiger partial charge in [-0.3, -0.25) is 4.90 Å². The van der Waals surface area contributed by atoms with Crippen LogP contribution in [-0.4, -0.2) is 23.1 Å². The van der Waals surface area contributed by atoms with Crippen LogP contribution in [0.3, 0.4) is 0 Å². The van der Waals surface area contributed by atoms with Gasteiger partial charge in [0.25, 0.3) is 0 Å². The molecule has 1 spiro atoms. The zero-order valence-corrected chi connectivity index (χ0v) is 11.5. The average Bonchev–Trinajstić information content (AvgIpc) is 2.10. The Kier molecular flexibility index (Phi) is 2.89. The highest BCUT2D eigenvalue weighted by Gasteiger charge is 2.55. The summed E-state index contributed by atoms with van der Waals surface area (Å²) in [6.45, 7) is 8.04. The number of carbonyl (C=O) groups excluding carboxylic acids is 1. The van der Waals surface area contributed by atoms with E-state index in [1.165, 1.54) is 6.42 Å². The van der Waals surface area contributed by atoms with E-state index >= 15 is 0 Å². The van der Waals surface area contributed by atoms with Crippen LogP contribution in [0.2, 0.25) is 0 Å². The van der Waals surface area contributed by atoms with Crippen LogP contribution in [0.15, 0.2) is 11.3 Å². The summed E-state index contributed by atoms with van der Waals surface area (Å²) in [5, 5.41) is 9.07. The van der Waals surface area contributed by atoms with Crippen LogP contribution in [0.4, 0.5) is 4.79 Å². The maximum Gasteiger partial charge on any atom is 0.414 e. The molecule has 2 rings (SSSR count). The number of allylic oxidation sites excluding steroid dienone is 1. The van der Waals surface area contributed by atoms with Crippen LogP contribution >= 0.6 is 0 Å². The SMILES string of the molecule is CC(C#N)=C1N(C(=O)OC(C)(C)C)CC12CCC2. The van der Waals surface area contributed by atoms with Crippen molar-refractivity contribution in [2.75, 3.05) is 6.54 Å². The number of rotatable bonds is 0. The van der Waals surface area contributed by atoms with Crippen LogP contribution < -0.4 is 0 Å².